The Morgan fingerprint density at radius 3 is 2.72 bits per heavy atom. The fraction of sp³-hybridized carbons (Fsp3) is 0.316. The van der Waals surface area contributed by atoms with E-state index in [4.69, 9.17) is 13.8 Å². The van der Waals surface area contributed by atoms with Gasteiger partial charge in [0.2, 0.25) is 5.82 Å². The number of methoxy groups -OCH3 is 1. The zero-order chi connectivity index (χ0) is 23.3. The first-order valence-corrected chi connectivity index (χ1v) is 10.9. The number of para-hydroxylation sites is 1. The number of hydrogen-bond acceptors (Lipinski definition) is 8. The van der Waals surface area contributed by atoms with Crippen LogP contribution in [0.3, 0.4) is 0 Å². The lowest BCUT2D eigenvalue weighted by Crippen LogP contribution is -2.35. The maximum atomic E-state index is 13.5. The Bertz CT molecular complexity index is 1150. The van der Waals surface area contributed by atoms with Gasteiger partial charge in [0.15, 0.2) is 6.23 Å². The van der Waals surface area contributed by atoms with Gasteiger partial charge in [0, 0.05) is 0 Å². The summed E-state index contributed by atoms with van der Waals surface area (Å²) in [5.41, 5.74) is -2.00. The number of ether oxygens (including phenoxy) is 2. The Morgan fingerprint density at radius 1 is 1.31 bits per heavy atom. The lowest BCUT2D eigenvalue weighted by molar-refractivity contribution is -0.142. The highest BCUT2D eigenvalue weighted by Gasteiger charge is 2.34. The quantitative estimate of drug-likeness (QED) is 0.318. The third-order valence-corrected chi connectivity index (χ3v) is 5.93. The molecule has 0 fully saturated rings. The molecule has 32 heavy (non-hydrogen) atoms. The van der Waals surface area contributed by atoms with Gasteiger partial charge in [-0.3, -0.25) is 23.7 Å². The number of carbonyl (C=O) groups is 1. The second-order valence-electron chi connectivity index (χ2n) is 6.67. The largest absolute Gasteiger partial charge is 0.468 e. The fourth-order valence-corrected chi connectivity index (χ4v) is 4.24. The molecule has 2 N–H and O–H groups in total. The molecule has 11 nitrogen and oxygen atoms in total. The van der Waals surface area contributed by atoms with Crippen LogP contribution in [0.15, 0.2) is 58.3 Å². The van der Waals surface area contributed by atoms with E-state index in [1.807, 2.05) is 4.98 Å². The first-order valence-electron chi connectivity index (χ1n) is 9.40. The number of benzene rings is 1. The van der Waals surface area contributed by atoms with Crippen molar-refractivity contribution in [3.63, 3.8) is 0 Å². The highest BCUT2D eigenvalue weighted by atomic mass is 31.2. The van der Waals surface area contributed by atoms with Crippen LogP contribution in [0, 0.1) is 5.82 Å². The Kier molecular flexibility index (Phi) is 7.41. The number of aromatic nitrogens is 2. The molecule has 172 valence electrons. The summed E-state index contributed by atoms with van der Waals surface area (Å²) in [4.78, 5) is 36.7. The Labute approximate surface area is 181 Å². The van der Waals surface area contributed by atoms with Crippen LogP contribution in [0.4, 0.5) is 4.39 Å². The van der Waals surface area contributed by atoms with Crippen molar-refractivity contribution in [2.45, 2.75) is 25.3 Å². The summed E-state index contributed by atoms with van der Waals surface area (Å²) in [5.74, 6) is -1.60. The van der Waals surface area contributed by atoms with E-state index in [-0.39, 0.29) is 12.4 Å². The van der Waals surface area contributed by atoms with Gasteiger partial charge >= 0.3 is 19.4 Å². The topological polar surface area (TPSA) is 138 Å². The van der Waals surface area contributed by atoms with E-state index >= 15 is 0 Å². The minimum atomic E-state index is -4.07. The monoisotopic (exact) mass is 469 g/mol. The SMILES string of the molecule is COC(=O)C(C)NP(=O)(OCC1C=CC(n2cc(F)c(=O)[nH]c2=O)O1)Oc1ccccc1. The van der Waals surface area contributed by atoms with Gasteiger partial charge in [0.05, 0.1) is 19.9 Å². The van der Waals surface area contributed by atoms with Gasteiger partial charge in [-0.15, -0.1) is 0 Å². The molecule has 1 aromatic heterocycles. The Morgan fingerprint density at radius 2 is 2.03 bits per heavy atom. The molecule has 0 bridgehead atoms. The molecular weight excluding hydrogens is 448 g/mol. The number of esters is 1. The van der Waals surface area contributed by atoms with Crippen molar-refractivity contribution in [2.24, 2.45) is 0 Å². The Hall–Kier alpha value is -3.05. The maximum Gasteiger partial charge on any atom is 0.459 e. The van der Waals surface area contributed by atoms with Crippen molar-refractivity contribution >= 4 is 13.7 Å². The molecule has 2 aromatic rings. The number of halogens is 1. The molecule has 13 heteroatoms. The zero-order valence-electron chi connectivity index (χ0n) is 17.1. The molecule has 0 amide bonds. The van der Waals surface area contributed by atoms with Crippen molar-refractivity contribution in [2.75, 3.05) is 13.7 Å². The van der Waals surface area contributed by atoms with Gasteiger partial charge in [0.25, 0.3) is 5.56 Å². The molecule has 4 atom stereocenters. The molecule has 1 aliphatic heterocycles. The summed E-state index contributed by atoms with van der Waals surface area (Å²) in [6, 6.07) is 7.17. The van der Waals surface area contributed by atoms with Crippen LogP contribution >= 0.6 is 7.75 Å². The normalized spacial score (nSPS) is 20.5. The van der Waals surface area contributed by atoms with Crippen LogP contribution in [0.5, 0.6) is 5.75 Å². The molecular formula is C19H21FN3O8P. The van der Waals surface area contributed by atoms with Crippen molar-refractivity contribution in [1.29, 1.82) is 0 Å². The Balaban J connectivity index is 1.69. The predicted molar refractivity (Wildman–Crippen MR) is 110 cm³/mol. The summed E-state index contributed by atoms with van der Waals surface area (Å²) in [6.07, 6.45) is 1.88. The standard InChI is InChI=1S/C19H21FN3O8P/c1-12(18(25)28-2)22-32(27,31-13-6-4-3-5-7-13)29-11-14-8-9-16(30-14)23-10-15(20)17(24)21-19(23)26/h3-10,12,14,16H,11H2,1-2H3,(H,22,27)(H,21,24,26). The van der Waals surface area contributed by atoms with E-state index in [0.29, 0.717) is 0 Å². The van der Waals surface area contributed by atoms with Crippen molar-refractivity contribution < 1.29 is 32.3 Å². The number of hydrogen-bond donors (Lipinski definition) is 2. The highest BCUT2D eigenvalue weighted by Crippen LogP contribution is 2.45. The van der Waals surface area contributed by atoms with E-state index in [2.05, 4.69) is 9.82 Å². The van der Waals surface area contributed by atoms with Gasteiger partial charge in [-0.1, -0.05) is 24.3 Å². The summed E-state index contributed by atoms with van der Waals surface area (Å²) in [5, 5.41) is 2.49. The molecule has 2 heterocycles. The zero-order valence-corrected chi connectivity index (χ0v) is 18.0. The number of nitrogens with zero attached hydrogens (tertiary/aromatic N) is 1. The number of rotatable bonds is 9. The van der Waals surface area contributed by atoms with E-state index in [1.165, 1.54) is 26.2 Å². The van der Waals surface area contributed by atoms with Gasteiger partial charge in [-0.2, -0.15) is 9.48 Å². The molecule has 1 aromatic carbocycles. The average molecular weight is 469 g/mol. The van der Waals surface area contributed by atoms with E-state index < -0.39 is 49.2 Å². The lowest BCUT2D eigenvalue weighted by Gasteiger charge is -2.24. The van der Waals surface area contributed by atoms with Crippen molar-refractivity contribution in [1.82, 2.24) is 14.6 Å². The first-order chi connectivity index (χ1) is 15.2. The maximum absolute atomic E-state index is 13.5. The average Bonchev–Trinajstić information content (AvgIpc) is 3.23. The van der Waals surface area contributed by atoms with Crippen molar-refractivity contribution in [3.8, 4) is 5.75 Å². The molecule has 0 radical (unpaired) electrons. The van der Waals surface area contributed by atoms with Crippen LogP contribution in [0.25, 0.3) is 0 Å². The third-order valence-electron chi connectivity index (χ3n) is 4.29. The smallest absolute Gasteiger partial charge is 0.459 e. The lowest BCUT2D eigenvalue weighted by atomic mass is 10.3. The highest BCUT2D eigenvalue weighted by molar-refractivity contribution is 7.52. The van der Waals surface area contributed by atoms with Gasteiger partial charge in [-0.05, 0) is 25.1 Å². The van der Waals surface area contributed by atoms with E-state index in [9.17, 15) is 23.3 Å². The fourth-order valence-electron chi connectivity index (χ4n) is 2.74. The molecule has 4 unspecified atom stereocenters. The van der Waals surface area contributed by atoms with Crippen LogP contribution < -0.4 is 20.9 Å². The van der Waals surface area contributed by atoms with Crippen LogP contribution in [-0.2, 0) is 23.4 Å². The minimum absolute atomic E-state index is 0.233. The van der Waals surface area contributed by atoms with Gasteiger partial charge in [0.1, 0.15) is 17.9 Å². The van der Waals surface area contributed by atoms with Gasteiger partial charge in [-0.25, -0.2) is 9.36 Å². The third kappa shape index (κ3) is 5.80. The molecule has 0 saturated carbocycles. The molecule has 0 saturated heterocycles. The number of carbonyl (C=O) groups excluding carboxylic acids is 1. The van der Waals surface area contributed by atoms with E-state index in [1.54, 1.807) is 30.3 Å². The molecule has 1 aliphatic rings. The number of H-pyrrole nitrogens is 1. The molecule has 0 aliphatic carbocycles. The second kappa shape index (κ2) is 10.0. The van der Waals surface area contributed by atoms with E-state index in [0.717, 1.165) is 10.8 Å². The minimum Gasteiger partial charge on any atom is -0.468 e. The summed E-state index contributed by atoms with van der Waals surface area (Å²) < 4.78 is 48.8. The van der Waals surface area contributed by atoms with Crippen LogP contribution in [0.1, 0.15) is 13.2 Å². The number of nitrogens with one attached hydrogen (secondary N) is 2. The molecule has 3 rings (SSSR count). The second-order valence-corrected chi connectivity index (χ2v) is 8.36. The number of aromatic amines is 1. The van der Waals surface area contributed by atoms with Crippen LogP contribution in [0.2, 0.25) is 0 Å². The molecule has 0 spiro atoms. The summed E-state index contributed by atoms with van der Waals surface area (Å²) in [7, 11) is -2.89. The first kappa shape index (κ1) is 23.6. The van der Waals surface area contributed by atoms with Crippen LogP contribution in [-0.4, -0.2) is 41.4 Å². The predicted octanol–water partition coefficient (Wildman–Crippen LogP) is 1.48. The summed E-state index contributed by atoms with van der Waals surface area (Å²) in [6.45, 7) is 1.13. The summed E-state index contributed by atoms with van der Waals surface area (Å²) >= 11 is 0. The van der Waals surface area contributed by atoms with Gasteiger partial charge < -0.3 is 14.0 Å². The van der Waals surface area contributed by atoms with Crippen molar-refractivity contribution in [3.05, 3.63) is 75.3 Å².